The lowest BCUT2D eigenvalue weighted by molar-refractivity contribution is -0.384. The van der Waals surface area contributed by atoms with E-state index in [1.165, 1.54) is 40.3 Å². The molecule has 0 saturated heterocycles. The number of rotatable bonds is 7. The number of amides is 1. The lowest BCUT2D eigenvalue weighted by Gasteiger charge is -2.11. The fourth-order valence-electron chi connectivity index (χ4n) is 2.64. The first-order valence-corrected chi connectivity index (χ1v) is 9.71. The predicted molar refractivity (Wildman–Crippen MR) is 108 cm³/mol. The molecule has 0 radical (unpaired) electrons. The molecule has 0 aliphatic carbocycles. The molecule has 0 spiro atoms. The minimum absolute atomic E-state index is 0.154. The molecule has 0 unspecified atom stereocenters. The number of hydrogen-bond acceptors (Lipinski definition) is 8. The highest BCUT2D eigenvalue weighted by Gasteiger charge is 2.21. The summed E-state index contributed by atoms with van der Waals surface area (Å²) in [5.41, 5.74) is -0.659. The molecule has 1 N–H and O–H groups in total. The summed E-state index contributed by atoms with van der Waals surface area (Å²) in [7, 11) is 0. The van der Waals surface area contributed by atoms with Gasteiger partial charge in [0.1, 0.15) is 10.7 Å². The van der Waals surface area contributed by atoms with Gasteiger partial charge in [-0.15, -0.1) is 10.2 Å². The molecule has 2 aromatic heterocycles. The Morgan fingerprint density at radius 1 is 1.31 bits per heavy atom. The summed E-state index contributed by atoms with van der Waals surface area (Å²) >= 11 is 1.23. The van der Waals surface area contributed by atoms with Crippen molar-refractivity contribution in [2.75, 3.05) is 5.32 Å². The number of aryl methyl sites for hydroxylation is 2. The van der Waals surface area contributed by atoms with Crippen molar-refractivity contribution < 1.29 is 9.72 Å². The van der Waals surface area contributed by atoms with Crippen molar-refractivity contribution in [1.29, 1.82) is 0 Å². The number of carbonyl (C=O) groups excluding carboxylic acids is 1. The summed E-state index contributed by atoms with van der Waals surface area (Å²) in [6.07, 6.45) is 2.74. The molecule has 10 nitrogen and oxygen atoms in total. The lowest BCUT2D eigenvalue weighted by Crippen LogP contribution is -2.27. The van der Waals surface area contributed by atoms with Crippen molar-refractivity contribution >= 4 is 28.1 Å². The lowest BCUT2D eigenvalue weighted by atomic mass is 10.2. The number of benzene rings is 1. The molecule has 1 amide bonds. The second-order valence-electron chi connectivity index (χ2n) is 6.21. The van der Waals surface area contributed by atoms with Crippen LogP contribution in [-0.2, 0) is 6.42 Å². The van der Waals surface area contributed by atoms with Gasteiger partial charge < -0.3 is 0 Å². The summed E-state index contributed by atoms with van der Waals surface area (Å²) in [4.78, 5) is 35.7. The molecule has 3 aromatic rings. The molecular weight excluding hydrogens is 396 g/mol. The first-order valence-electron chi connectivity index (χ1n) is 8.89. The Labute approximate surface area is 169 Å². The van der Waals surface area contributed by atoms with Crippen molar-refractivity contribution in [3.05, 3.63) is 67.1 Å². The number of carbonyl (C=O) groups is 1. The summed E-state index contributed by atoms with van der Waals surface area (Å²) in [5, 5.41) is 26.9. The minimum atomic E-state index is -0.750. The first-order chi connectivity index (χ1) is 13.9. The standard InChI is InChI=1S/C18H18N6O4S/c1-3-4-9-15-20-21-18(29-15)19-17(26)16-14(25)10-11(2)23(22-16)12-7-5-6-8-13(12)24(27)28/h5-8,10H,3-4,9H2,1-2H3,(H,19,21,26). The van der Waals surface area contributed by atoms with Gasteiger partial charge in [0.25, 0.3) is 11.6 Å². The van der Waals surface area contributed by atoms with E-state index in [-0.39, 0.29) is 22.2 Å². The molecule has 0 atom stereocenters. The maximum Gasteiger partial charge on any atom is 0.294 e. The highest BCUT2D eigenvalue weighted by atomic mass is 32.1. The van der Waals surface area contributed by atoms with Crippen molar-refractivity contribution in [3.8, 4) is 5.69 Å². The highest BCUT2D eigenvalue weighted by molar-refractivity contribution is 7.15. The van der Waals surface area contributed by atoms with Crippen LogP contribution >= 0.6 is 11.3 Å². The molecule has 11 heteroatoms. The quantitative estimate of drug-likeness (QED) is 0.464. The molecule has 3 rings (SSSR count). The molecule has 0 aliphatic heterocycles. The third kappa shape index (κ3) is 4.51. The maximum atomic E-state index is 12.6. The number of aromatic nitrogens is 4. The number of hydrogen-bond donors (Lipinski definition) is 1. The van der Waals surface area contributed by atoms with Crippen LogP contribution in [0.15, 0.2) is 35.1 Å². The Morgan fingerprint density at radius 2 is 2.07 bits per heavy atom. The van der Waals surface area contributed by atoms with Crippen molar-refractivity contribution in [2.45, 2.75) is 33.1 Å². The Hall–Kier alpha value is -3.47. The smallest absolute Gasteiger partial charge is 0.294 e. The molecular formula is C18H18N6O4S. The van der Waals surface area contributed by atoms with Crippen LogP contribution in [0.5, 0.6) is 0 Å². The van der Waals surface area contributed by atoms with Gasteiger partial charge in [-0.3, -0.25) is 25.0 Å². The number of anilines is 1. The Bertz CT molecular complexity index is 1120. The molecule has 0 saturated carbocycles. The largest absolute Gasteiger partial charge is 0.295 e. The highest BCUT2D eigenvalue weighted by Crippen LogP contribution is 2.22. The van der Waals surface area contributed by atoms with Crippen molar-refractivity contribution in [1.82, 2.24) is 20.0 Å². The molecule has 1 aromatic carbocycles. The summed E-state index contributed by atoms with van der Waals surface area (Å²) in [5.74, 6) is -0.750. The fraction of sp³-hybridized carbons (Fsp3) is 0.278. The average Bonchev–Trinajstić information content (AvgIpc) is 3.13. The Morgan fingerprint density at radius 3 is 2.79 bits per heavy atom. The number of nitrogens with zero attached hydrogens (tertiary/aromatic N) is 5. The first kappa shape index (κ1) is 20.3. The van der Waals surface area contributed by atoms with Crippen LogP contribution in [0, 0.1) is 17.0 Å². The average molecular weight is 414 g/mol. The topological polar surface area (TPSA) is 133 Å². The molecule has 0 fully saturated rings. The van der Waals surface area contributed by atoms with Gasteiger partial charge in [-0.2, -0.15) is 5.10 Å². The van der Waals surface area contributed by atoms with Gasteiger partial charge in [-0.25, -0.2) is 4.68 Å². The normalized spacial score (nSPS) is 10.7. The van der Waals surface area contributed by atoms with Gasteiger partial charge in [0.2, 0.25) is 10.6 Å². The second-order valence-corrected chi connectivity index (χ2v) is 7.28. The summed E-state index contributed by atoms with van der Waals surface area (Å²) < 4.78 is 1.21. The van der Waals surface area contributed by atoms with Crippen LogP contribution in [0.3, 0.4) is 0 Å². The molecule has 150 valence electrons. The zero-order chi connectivity index (χ0) is 21.0. The number of nitro groups is 1. The van der Waals surface area contributed by atoms with E-state index in [1.54, 1.807) is 13.0 Å². The number of nitro benzene ring substituents is 1. The van der Waals surface area contributed by atoms with E-state index in [1.807, 2.05) is 0 Å². The maximum absolute atomic E-state index is 12.6. The van der Waals surface area contributed by atoms with Crippen LogP contribution in [0.25, 0.3) is 5.69 Å². The monoisotopic (exact) mass is 414 g/mol. The minimum Gasteiger partial charge on any atom is -0.295 e. The van der Waals surface area contributed by atoms with Gasteiger partial charge >= 0.3 is 0 Å². The predicted octanol–water partition coefficient (Wildman–Crippen LogP) is 2.90. The number of nitrogens with one attached hydrogen (secondary N) is 1. The van der Waals surface area contributed by atoms with Gasteiger partial charge in [0.15, 0.2) is 5.69 Å². The van der Waals surface area contributed by atoms with Crippen LogP contribution < -0.4 is 10.7 Å². The van der Waals surface area contributed by atoms with E-state index in [0.717, 1.165) is 24.3 Å². The van der Waals surface area contributed by atoms with Gasteiger partial charge in [-0.05, 0) is 19.4 Å². The van der Waals surface area contributed by atoms with Gasteiger partial charge in [0, 0.05) is 24.2 Å². The third-order valence-corrected chi connectivity index (χ3v) is 4.96. The van der Waals surface area contributed by atoms with E-state index in [2.05, 4.69) is 27.5 Å². The van der Waals surface area contributed by atoms with Crippen molar-refractivity contribution in [3.63, 3.8) is 0 Å². The van der Waals surface area contributed by atoms with Crippen LogP contribution in [0.4, 0.5) is 10.8 Å². The fourth-order valence-corrected chi connectivity index (χ4v) is 3.41. The summed E-state index contributed by atoms with van der Waals surface area (Å²) in [6, 6.07) is 7.17. The van der Waals surface area contributed by atoms with E-state index < -0.39 is 16.3 Å². The Balaban J connectivity index is 1.94. The second kappa shape index (κ2) is 8.69. The van der Waals surface area contributed by atoms with Gasteiger partial charge in [0.05, 0.1) is 4.92 Å². The van der Waals surface area contributed by atoms with E-state index >= 15 is 0 Å². The Kier molecular flexibility index (Phi) is 6.07. The van der Waals surface area contributed by atoms with Gasteiger partial charge in [-0.1, -0.05) is 36.8 Å². The number of para-hydroxylation sites is 2. The zero-order valence-electron chi connectivity index (χ0n) is 15.8. The number of unbranched alkanes of at least 4 members (excludes halogenated alkanes) is 1. The zero-order valence-corrected chi connectivity index (χ0v) is 16.6. The SMILES string of the molecule is CCCCc1nnc(NC(=O)c2nn(-c3ccccc3[N+](=O)[O-])c(C)cc2=O)s1. The summed E-state index contributed by atoms with van der Waals surface area (Å²) in [6.45, 7) is 3.65. The molecule has 2 heterocycles. The molecule has 0 aliphatic rings. The van der Waals surface area contributed by atoms with Crippen molar-refractivity contribution in [2.24, 2.45) is 0 Å². The van der Waals surface area contributed by atoms with Crippen LogP contribution in [-0.4, -0.2) is 30.8 Å². The molecule has 0 bridgehead atoms. The molecule has 29 heavy (non-hydrogen) atoms. The van der Waals surface area contributed by atoms with E-state index in [0.29, 0.717) is 5.69 Å². The van der Waals surface area contributed by atoms with E-state index in [4.69, 9.17) is 0 Å². The third-order valence-electron chi connectivity index (χ3n) is 4.06. The van der Waals surface area contributed by atoms with E-state index in [9.17, 15) is 19.7 Å². The van der Waals surface area contributed by atoms with Crippen LogP contribution in [0.2, 0.25) is 0 Å². The van der Waals surface area contributed by atoms with Crippen LogP contribution in [0.1, 0.15) is 41.0 Å².